The Bertz CT molecular complexity index is 1180. The third-order valence-electron chi connectivity index (χ3n) is 5.06. The zero-order valence-electron chi connectivity index (χ0n) is 16.3. The summed E-state index contributed by atoms with van der Waals surface area (Å²) < 4.78 is 12.8. The second-order valence-corrected chi connectivity index (χ2v) is 8.35. The zero-order valence-corrected chi connectivity index (χ0v) is 17.8. The van der Waals surface area contributed by atoms with Crippen LogP contribution in [-0.2, 0) is 6.54 Å². The minimum absolute atomic E-state index is 0.0491. The normalized spacial score (nSPS) is 14.7. The van der Waals surface area contributed by atoms with Crippen molar-refractivity contribution >= 4 is 44.8 Å². The molecule has 146 valence electrons. The molecule has 1 aromatic carbocycles. The number of allylic oxidation sites excluding steroid dienone is 1. The Morgan fingerprint density at radius 1 is 1.36 bits per heavy atom. The summed E-state index contributed by atoms with van der Waals surface area (Å²) in [5, 5.41) is 1.24. The standard InChI is InChI=1S/C21H21ClN2O3S/c1-5-27-16-10-13(9-15(22)18(16)26-4)8-14-6-7-24-19(14)23-20-17(21(24)25)11(2)12(3)28-20/h8-10H,5-7H2,1-4H3/b14-8+. The maximum atomic E-state index is 13.0. The first-order valence-electron chi connectivity index (χ1n) is 9.16. The van der Waals surface area contributed by atoms with Crippen LogP contribution in [0.3, 0.4) is 0 Å². The fourth-order valence-corrected chi connectivity index (χ4v) is 4.91. The maximum Gasteiger partial charge on any atom is 0.262 e. The molecule has 1 aliphatic heterocycles. The quantitative estimate of drug-likeness (QED) is 0.595. The molecule has 0 atom stereocenters. The van der Waals surface area contributed by atoms with Crippen LogP contribution in [0.4, 0.5) is 0 Å². The summed E-state index contributed by atoms with van der Waals surface area (Å²) in [5.41, 5.74) is 3.00. The van der Waals surface area contributed by atoms with E-state index in [1.54, 1.807) is 23.0 Å². The highest BCUT2D eigenvalue weighted by Gasteiger charge is 2.23. The SMILES string of the molecule is CCOc1cc(/C=C2\CCn3c2nc2sc(C)c(C)c2c3=O)cc(Cl)c1OC. The summed E-state index contributed by atoms with van der Waals surface area (Å²) >= 11 is 7.95. The van der Waals surface area contributed by atoms with Crippen LogP contribution < -0.4 is 15.0 Å². The molecule has 3 heterocycles. The highest BCUT2D eigenvalue weighted by molar-refractivity contribution is 7.18. The Balaban J connectivity index is 1.84. The summed E-state index contributed by atoms with van der Waals surface area (Å²) in [6.07, 6.45) is 2.78. The van der Waals surface area contributed by atoms with Gasteiger partial charge in [-0.15, -0.1) is 11.3 Å². The van der Waals surface area contributed by atoms with E-state index in [2.05, 4.69) is 0 Å². The second kappa shape index (κ2) is 7.26. The van der Waals surface area contributed by atoms with Gasteiger partial charge in [0.2, 0.25) is 0 Å². The first kappa shape index (κ1) is 19.0. The number of aryl methyl sites for hydroxylation is 2. The van der Waals surface area contributed by atoms with Crippen molar-refractivity contribution in [1.82, 2.24) is 9.55 Å². The lowest BCUT2D eigenvalue weighted by atomic mass is 10.1. The predicted octanol–water partition coefficient (Wildman–Crippen LogP) is 5.08. The van der Waals surface area contributed by atoms with Crippen LogP contribution in [0.15, 0.2) is 16.9 Å². The molecule has 0 radical (unpaired) electrons. The monoisotopic (exact) mass is 416 g/mol. The van der Waals surface area contributed by atoms with Crippen molar-refractivity contribution in [3.8, 4) is 11.5 Å². The Morgan fingerprint density at radius 2 is 2.14 bits per heavy atom. The molecule has 7 heteroatoms. The molecular weight excluding hydrogens is 396 g/mol. The van der Waals surface area contributed by atoms with Crippen molar-refractivity contribution in [2.45, 2.75) is 33.7 Å². The van der Waals surface area contributed by atoms with Gasteiger partial charge in [0.05, 0.1) is 24.1 Å². The Hall–Kier alpha value is -2.31. The molecule has 5 nitrogen and oxygen atoms in total. The molecule has 2 aromatic heterocycles. The molecule has 0 fully saturated rings. The third-order valence-corrected chi connectivity index (χ3v) is 6.44. The lowest BCUT2D eigenvalue weighted by Crippen LogP contribution is -2.20. The number of halogens is 1. The minimum Gasteiger partial charge on any atom is -0.491 e. The summed E-state index contributed by atoms with van der Waals surface area (Å²) in [7, 11) is 1.57. The number of ether oxygens (including phenoxy) is 2. The number of methoxy groups -OCH3 is 1. The summed E-state index contributed by atoms with van der Waals surface area (Å²) in [5.74, 6) is 1.87. The number of benzene rings is 1. The van der Waals surface area contributed by atoms with Crippen molar-refractivity contribution in [3.63, 3.8) is 0 Å². The molecule has 0 N–H and O–H groups in total. The number of hydrogen-bond donors (Lipinski definition) is 0. The lowest BCUT2D eigenvalue weighted by Gasteiger charge is -2.12. The Morgan fingerprint density at radius 3 is 2.86 bits per heavy atom. The highest BCUT2D eigenvalue weighted by Crippen LogP contribution is 2.38. The molecule has 0 saturated carbocycles. The first-order chi connectivity index (χ1) is 13.4. The van der Waals surface area contributed by atoms with Crippen molar-refractivity contribution in [3.05, 3.63) is 49.3 Å². The number of fused-ring (bicyclic) bond motifs is 2. The van der Waals surface area contributed by atoms with Crippen molar-refractivity contribution < 1.29 is 9.47 Å². The predicted molar refractivity (Wildman–Crippen MR) is 115 cm³/mol. The van der Waals surface area contributed by atoms with Crippen LogP contribution in [0.25, 0.3) is 21.9 Å². The average Bonchev–Trinajstić information content (AvgIpc) is 3.17. The van der Waals surface area contributed by atoms with Gasteiger partial charge < -0.3 is 9.47 Å². The zero-order chi connectivity index (χ0) is 20.0. The fraction of sp³-hybridized carbons (Fsp3) is 0.333. The van der Waals surface area contributed by atoms with E-state index in [9.17, 15) is 4.79 Å². The van der Waals surface area contributed by atoms with Gasteiger partial charge in [0.1, 0.15) is 10.7 Å². The first-order valence-corrected chi connectivity index (χ1v) is 10.4. The summed E-state index contributed by atoms with van der Waals surface area (Å²) in [4.78, 5) is 19.7. The van der Waals surface area contributed by atoms with E-state index in [0.29, 0.717) is 29.7 Å². The maximum absolute atomic E-state index is 13.0. The topological polar surface area (TPSA) is 53.4 Å². The summed E-state index contributed by atoms with van der Waals surface area (Å²) in [6.45, 7) is 7.09. The molecule has 0 bridgehead atoms. The smallest absolute Gasteiger partial charge is 0.262 e. The van der Waals surface area contributed by atoms with Crippen LogP contribution >= 0.6 is 22.9 Å². The molecule has 0 spiro atoms. The Kier molecular flexibility index (Phi) is 4.93. The third kappa shape index (κ3) is 3.01. The minimum atomic E-state index is 0.0491. The van der Waals surface area contributed by atoms with E-state index in [4.69, 9.17) is 26.1 Å². The number of nitrogens with zero attached hydrogens (tertiary/aromatic N) is 2. The van der Waals surface area contributed by atoms with Crippen molar-refractivity contribution in [2.24, 2.45) is 0 Å². The van der Waals surface area contributed by atoms with Gasteiger partial charge in [-0.3, -0.25) is 9.36 Å². The van der Waals surface area contributed by atoms with Crippen molar-refractivity contribution in [1.29, 1.82) is 0 Å². The van der Waals surface area contributed by atoms with E-state index in [1.165, 1.54) is 0 Å². The van der Waals surface area contributed by atoms with Crippen LogP contribution in [0, 0.1) is 13.8 Å². The van der Waals surface area contributed by atoms with Crippen LogP contribution in [0.2, 0.25) is 5.02 Å². The van der Waals surface area contributed by atoms with Gasteiger partial charge in [-0.2, -0.15) is 0 Å². The number of rotatable bonds is 4. The Labute approximate surface area is 172 Å². The van der Waals surface area contributed by atoms with Crippen LogP contribution in [0.5, 0.6) is 11.5 Å². The molecule has 1 aliphatic rings. The van der Waals surface area contributed by atoms with Gasteiger partial charge >= 0.3 is 0 Å². The molecule has 0 amide bonds. The van der Waals surface area contributed by atoms with Crippen LogP contribution in [-0.4, -0.2) is 23.3 Å². The van der Waals surface area contributed by atoms with Gasteiger partial charge in [-0.05, 0) is 62.1 Å². The molecule has 4 rings (SSSR count). The van der Waals surface area contributed by atoms with E-state index >= 15 is 0 Å². The molecule has 28 heavy (non-hydrogen) atoms. The van der Waals surface area contributed by atoms with Gasteiger partial charge in [0, 0.05) is 11.4 Å². The van der Waals surface area contributed by atoms with E-state index < -0.39 is 0 Å². The van der Waals surface area contributed by atoms with Gasteiger partial charge in [-0.25, -0.2) is 4.98 Å². The lowest BCUT2D eigenvalue weighted by molar-refractivity contribution is 0.311. The molecule has 0 aliphatic carbocycles. The number of hydrogen-bond acceptors (Lipinski definition) is 5. The van der Waals surface area contributed by atoms with E-state index in [-0.39, 0.29) is 5.56 Å². The molecule has 3 aromatic rings. The second-order valence-electron chi connectivity index (χ2n) is 6.74. The average molecular weight is 417 g/mol. The van der Waals surface area contributed by atoms with Gasteiger partial charge in [-0.1, -0.05) is 11.6 Å². The van der Waals surface area contributed by atoms with Crippen LogP contribution in [0.1, 0.15) is 35.2 Å². The number of aromatic nitrogens is 2. The van der Waals surface area contributed by atoms with Crippen molar-refractivity contribution in [2.75, 3.05) is 13.7 Å². The summed E-state index contributed by atoms with van der Waals surface area (Å²) in [6, 6.07) is 3.74. The van der Waals surface area contributed by atoms with E-state index in [1.807, 2.05) is 39.0 Å². The fourth-order valence-electron chi connectivity index (χ4n) is 3.59. The van der Waals surface area contributed by atoms with Gasteiger partial charge in [0.25, 0.3) is 5.56 Å². The largest absolute Gasteiger partial charge is 0.491 e. The van der Waals surface area contributed by atoms with Gasteiger partial charge in [0.15, 0.2) is 11.5 Å². The van der Waals surface area contributed by atoms with E-state index in [0.717, 1.165) is 44.0 Å². The molecular formula is C21H21ClN2O3S. The number of thiophene rings is 1. The molecule has 0 saturated heterocycles. The highest BCUT2D eigenvalue weighted by atomic mass is 35.5. The molecule has 0 unspecified atom stereocenters.